The zero-order chi connectivity index (χ0) is 17.6. The smallest absolute Gasteiger partial charge is 0.254 e. The lowest BCUT2D eigenvalue weighted by Crippen LogP contribution is -2.35. The monoisotopic (exact) mass is 374 g/mol. The molecule has 2 heterocycles. The van der Waals surface area contributed by atoms with Gasteiger partial charge in [-0.15, -0.1) is 0 Å². The van der Waals surface area contributed by atoms with Crippen LogP contribution >= 0.6 is 23.2 Å². The molecule has 1 aromatic heterocycles. The van der Waals surface area contributed by atoms with Gasteiger partial charge in [-0.25, -0.2) is 0 Å². The number of hydrogen-bond acceptors (Lipinski definition) is 2. The molecule has 4 rings (SSSR count). The average Bonchev–Trinajstić information content (AvgIpc) is 2.96. The molecule has 0 aliphatic carbocycles. The third-order valence-electron chi connectivity index (χ3n) is 4.61. The second kappa shape index (κ2) is 6.28. The van der Waals surface area contributed by atoms with E-state index in [4.69, 9.17) is 27.9 Å². The van der Waals surface area contributed by atoms with Gasteiger partial charge in [0.05, 0.1) is 18.7 Å². The zero-order valence-electron chi connectivity index (χ0n) is 13.6. The topological polar surface area (TPSA) is 45.3 Å². The Labute approximate surface area is 155 Å². The molecular formula is C19H16Cl2N2O2. The molecule has 1 amide bonds. The maximum absolute atomic E-state index is 12.7. The first-order valence-corrected chi connectivity index (χ1v) is 8.74. The largest absolute Gasteiger partial charge is 0.495 e. The van der Waals surface area contributed by atoms with Gasteiger partial charge >= 0.3 is 0 Å². The predicted molar refractivity (Wildman–Crippen MR) is 99.8 cm³/mol. The standard InChI is InChI=1S/C19H16Cl2N2O2/c1-25-18-9-16-14(8-15(18)21)13-5-6-23(10-17(13)22-16)19(24)11-3-2-4-12(20)7-11/h2-4,7-9,22H,5-6,10H2,1H3. The van der Waals surface area contributed by atoms with Crippen LogP contribution in [0.15, 0.2) is 36.4 Å². The number of aromatic nitrogens is 1. The molecule has 2 aromatic carbocycles. The van der Waals surface area contributed by atoms with Crippen molar-refractivity contribution in [3.63, 3.8) is 0 Å². The van der Waals surface area contributed by atoms with Gasteiger partial charge < -0.3 is 14.6 Å². The van der Waals surface area contributed by atoms with E-state index in [0.29, 0.717) is 34.4 Å². The third kappa shape index (κ3) is 2.86. The summed E-state index contributed by atoms with van der Waals surface area (Å²) < 4.78 is 5.28. The third-order valence-corrected chi connectivity index (χ3v) is 5.14. The Kier molecular flexibility index (Phi) is 4.10. The molecule has 0 saturated carbocycles. The van der Waals surface area contributed by atoms with Crippen LogP contribution in [0.4, 0.5) is 0 Å². The number of nitrogens with one attached hydrogen (secondary N) is 1. The van der Waals surface area contributed by atoms with Crippen LogP contribution in [0.1, 0.15) is 21.6 Å². The lowest BCUT2D eigenvalue weighted by molar-refractivity contribution is 0.0733. The second-order valence-electron chi connectivity index (χ2n) is 6.10. The molecule has 1 N–H and O–H groups in total. The van der Waals surface area contributed by atoms with E-state index in [-0.39, 0.29) is 5.91 Å². The van der Waals surface area contributed by atoms with E-state index in [0.717, 1.165) is 23.0 Å². The summed E-state index contributed by atoms with van der Waals surface area (Å²) in [7, 11) is 1.60. The number of hydrogen-bond donors (Lipinski definition) is 1. The van der Waals surface area contributed by atoms with Gasteiger partial charge in [0.25, 0.3) is 5.91 Å². The van der Waals surface area contributed by atoms with E-state index in [2.05, 4.69) is 4.98 Å². The number of fused-ring (bicyclic) bond motifs is 3. The minimum atomic E-state index is -0.0116. The second-order valence-corrected chi connectivity index (χ2v) is 6.95. The minimum absolute atomic E-state index is 0.0116. The summed E-state index contributed by atoms with van der Waals surface area (Å²) in [5, 5.41) is 2.25. The van der Waals surface area contributed by atoms with Crippen molar-refractivity contribution in [3.05, 3.63) is 63.3 Å². The van der Waals surface area contributed by atoms with Crippen LogP contribution in [-0.2, 0) is 13.0 Å². The summed E-state index contributed by atoms with van der Waals surface area (Å²) in [6, 6.07) is 10.9. The Hall–Kier alpha value is -2.17. The summed E-state index contributed by atoms with van der Waals surface area (Å²) >= 11 is 12.3. The molecule has 0 radical (unpaired) electrons. The number of nitrogens with zero attached hydrogens (tertiary/aromatic N) is 1. The zero-order valence-corrected chi connectivity index (χ0v) is 15.1. The molecule has 128 valence electrons. The van der Waals surface area contributed by atoms with Crippen LogP contribution in [0.5, 0.6) is 5.75 Å². The highest BCUT2D eigenvalue weighted by Gasteiger charge is 2.25. The molecule has 4 nitrogen and oxygen atoms in total. The van der Waals surface area contributed by atoms with Crippen molar-refractivity contribution < 1.29 is 9.53 Å². The molecule has 0 atom stereocenters. The van der Waals surface area contributed by atoms with Gasteiger partial charge in [-0.05, 0) is 36.2 Å². The number of amides is 1. The number of carbonyl (C=O) groups excluding carboxylic acids is 1. The van der Waals surface area contributed by atoms with Crippen molar-refractivity contribution in [2.75, 3.05) is 13.7 Å². The van der Waals surface area contributed by atoms with Crippen molar-refractivity contribution in [1.82, 2.24) is 9.88 Å². The first-order chi connectivity index (χ1) is 12.1. The van der Waals surface area contributed by atoms with Crippen molar-refractivity contribution in [2.45, 2.75) is 13.0 Å². The number of H-pyrrole nitrogens is 1. The quantitative estimate of drug-likeness (QED) is 0.707. The van der Waals surface area contributed by atoms with Crippen LogP contribution in [0.25, 0.3) is 10.9 Å². The van der Waals surface area contributed by atoms with Crippen LogP contribution in [0.3, 0.4) is 0 Å². The molecule has 0 unspecified atom stereocenters. The Balaban J connectivity index is 1.67. The van der Waals surface area contributed by atoms with E-state index in [1.165, 1.54) is 5.56 Å². The Bertz CT molecular complexity index is 981. The molecule has 1 aliphatic heterocycles. The molecule has 0 bridgehead atoms. The fraction of sp³-hybridized carbons (Fsp3) is 0.211. The Morgan fingerprint density at radius 1 is 1.24 bits per heavy atom. The van der Waals surface area contributed by atoms with Crippen molar-refractivity contribution in [1.29, 1.82) is 0 Å². The lowest BCUT2D eigenvalue weighted by Gasteiger charge is -2.27. The van der Waals surface area contributed by atoms with Gasteiger partial charge in [0, 0.05) is 39.8 Å². The van der Waals surface area contributed by atoms with Crippen LogP contribution < -0.4 is 4.74 Å². The first-order valence-electron chi connectivity index (χ1n) is 7.98. The molecular weight excluding hydrogens is 359 g/mol. The van der Waals surface area contributed by atoms with Gasteiger partial charge in [0.15, 0.2) is 0 Å². The molecule has 1 aliphatic rings. The maximum atomic E-state index is 12.7. The fourth-order valence-electron chi connectivity index (χ4n) is 3.38. The highest BCUT2D eigenvalue weighted by molar-refractivity contribution is 6.33. The molecule has 6 heteroatoms. The summed E-state index contributed by atoms with van der Waals surface area (Å²) in [5.74, 6) is 0.627. The van der Waals surface area contributed by atoms with E-state index in [1.807, 2.05) is 17.0 Å². The summed E-state index contributed by atoms with van der Waals surface area (Å²) in [5.41, 5.74) is 3.84. The highest BCUT2D eigenvalue weighted by Crippen LogP contribution is 2.35. The summed E-state index contributed by atoms with van der Waals surface area (Å²) in [6.07, 6.45) is 0.782. The van der Waals surface area contributed by atoms with E-state index < -0.39 is 0 Å². The van der Waals surface area contributed by atoms with Gasteiger partial charge in [-0.3, -0.25) is 4.79 Å². The molecule has 0 saturated heterocycles. The summed E-state index contributed by atoms with van der Waals surface area (Å²) in [6.45, 7) is 1.20. The van der Waals surface area contributed by atoms with Crippen LogP contribution in [-0.4, -0.2) is 29.4 Å². The number of benzene rings is 2. The number of rotatable bonds is 2. The van der Waals surface area contributed by atoms with Gasteiger partial charge in [-0.2, -0.15) is 0 Å². The normalized spacial score (nSPS) is 13.8. The van der Waals surface area contributed by atoms with Crippen LogP contribution in [0.2, 0.25) is 10.0 Å². The number of aromatic amines is 1. The number of carbonyl (C=O) groups is 1. The van der Waals surface area contributed by atoms with Crippen molar-refractivity contribution >= 4 is 40.0 Å². The first kappa shape index (κ1) is 16.3. The van der Waals surface area contributed by atoms with Gasteiger partial charge in [0.2, 0.25) is 0 Å². The Morgan fingerprint density at radius 2 is 2.08 bits per heavy atom. The maximum Gasteiger partial charge on any atom is 0.254 e. The SMILES string of the molecule is COc1cc2[nH]c3c(c2cc1Cl)CCN(C(=O)c1cccc(Cl)c1)C3. The van der Waals surface area contributed by atoms with Gasteiger partial charge in [-0.1, -0.05) is 29.3 Å². The summed E-state index contributed by atoms with van der Waals surface area (Å²) in [4.78, 5) is 18.0. The van der Waals surface area contributed by atoms with E-state index >= 15 is 0 Å². The van der Waals surface area contributed by atoms with Crippen molar-refractivity contribution in [2.24, 2.45) is 0 Å². The van der Waals surface area contributed by atoms with E-state index in [9.17, 15) is 4.79 Å². The number of halogens is 2. The predicted octanol–water partition coefficient (Wildman–Crippen LogP) is 4.68. The van der Waals surface area contributed by atoms with Crippen LogP contribution in [0, 0.1) is 0 Å². The fourth-order valence-corrected chi connectivity index (χ4v) is 3.81. The molecule has 0 fully saturated rings. The minimum Gasteiger partial charge on any atom is -0.495 e. The average molecular weight is 375 g/mol. The molecule has 25 heavy (non-hydrogen) atoms. The highest BCUT2D eigenvalue weighted by atomic mass is 35.5. The van der Waals surface area contributed by atoms with E-state index in [1.54, 1.807) is 31.4 Å². The Morgan fingerprint density at radius 3 is 2.84 bits per heavy atom. The lowest BCUT2D eigenvalue weighted by atomic mass is 10.0. The van der Waals surface area contributed by atoms with Crippen molar-refractivity contribution in [3.8, 4) is 5.75 Å². The number of methoxy groups -OCH3 is 1. The van der Waals surface area contributed by atoms with Gasteiger partial charge in [0.1, 0.15) is 5.75 Å². The molecule has 0 spiro atoms. The number of ether oxygens (including phenoxy) is 1. The molecule has 3 aromatic rings.